The Morgan fingerprint density at radius 1 is 1.11 bits per heavy atom. The van der Waals surface area contributed by atoms with E-state index in [0.717, 1.165) is 19.6 Å². The van der Waals surface area contributed by atoms with Crippen LogP contribution in [0, 0.1) is 6.92 Å². The minimum absolute atomic E-state index is 0.684. The number of hydrogen-bond acceptors (Lipinski definition) is 4. The summed E-state index contributed by atoms with van der Waals surface area (Å²) in [6, 6.07) is 10.3. The summed E-state index contributed by atoms with van der Waals surface area (Å²) in [5.74, 6) is 0.684. The largest absolute Gasteiger partial charge is 0.370 e. The number of rotatable bonds is 6. The summed E-state index contributed by atoms with van der Waals surface area (Å²) >= 11 is 0. The van der Waals surface area contributed by atoms with Crippen molar-refractivity contribution in [3.05, 3.63) is 48.3 Å². The first-order valence-corrected chi connectivity index (χ1v) is 6.62. The molecular formula is C15H20N4. The van der Waals surface area contributed by atoms with Crippen molar-refractivity contribution in [1.82, 2.24) is 9.97 Å². The Morgan fingerprint density at radius 2 is 1.84 bits per heavy atom. The van der Waals surface area contributed by atoms with E-state index in [4.69, 9.17) is 0 Å². The second-order valence-corrected chi connectivity index (χ2v) is 4.37. The van der Waals surface area contributed by atoms with Crippen LogP contribution >= 0.6 is 0 Å². The molecule has 2 rings (SSSR count). The van der Waals surface area contributed by atoms with E-state index in [9.17, 15) is 0 Å². The molecule has 0 atom stereocenters. The lowest BCUT2D eigenvalue weighted by Gasteiger charge is -2.25. The minimum atomic E-state index is 0.684. The fraction of sp³-hybridized carbons (Fsp3) is 0.333. The van der Waals surface area contributed by atoms with Crippen LogP contribution in [0.2, 0.25) is 0 Å². The molecular weight excluding hydrogens is 236 g/mol. The number of likely N-dealkylation sites (N-methyl/N-ethyl adjacent to an activating group) is 1. The minimum Gasteiger partial charge on any atom is -0.370 e. The molecule has 0 spiro atoms. The Hall–Kier alpha value is -2.10. The van der Waals surface area contributed by atoms with Crippen molar-refractivity contribution in [2.24, 2.45) is 0 Å². The molecule has 0 fully saturated rings. The quantitative estimate of drug-likeness (QED) is 0.863. The molecule has 100 valence electrons. The zero-order valence-electron chi connectivity index (χ0n) is 11.5. The van der Waals surface area contributed by atoms with Gasteiger partial charge < -0.3 is 10.2 Å². The van der Waals surface area contributed by atoms with Gasteiger partial charge in [-0.1, -0.05) is 18.2 Å². The van der Waals surface area contributed by atoms with Crippen molar-refractivity contribution in [2.75, 3.05) is 29.9 Å². The molecule has 4 heteroatoms. The van der Waals surface area contributed by atoms with Gasteiger partial charge in [0.1, 0.15) is 0 Å². The third kappa shape index (κ3) is 3.68. The van der Waals surface area contributed by atoms with Gasteiger partial charge in [0.05, 0.1) is 0 Å². The van der Waals surface area contributed by atoms with E-state index >= 15 is 0 Å². The Morgan fingerprint density at radius 3 is 2.53 bits per heavy atom. The molecule has 0 radical (unpaired) electrons. The fourth-order valence-electron chi connectivity index (χ4n) is 2.06. The maximum Gasteiger partial charge on any atom is 0.222 e. The lowest BCUT2D eigenvalue weighted by molar-refractivity contribution is 0.826. The molecule has 2 aromatic rings. The lowest BCUT2D eigenvalue weighted by atomic mass is 10.2. The first kappa shape index (κ1) is 13.3. The van der Waals surface area contributed by atoms with E-state index in [1.165, 1.54) is 11.3 Å². The molecule has 0 aliphatic carbocycles. The van der Waals surface area contributed by atoms with Gasteiger partial charge in [0.2, 0.25) is 5.95 Å². The zero-order valence-corrected chi connectivity index (χ0v) is 11.5. The van der Waals surface area contributed by atoms with Gasteiger partial charge in [-0.2, -0.15) is 0 Å². The summed E-state index contributed by atoms with van der Waals surface area (Å²) in [6.45, 7) is 7.06. The van der Waals surface area contributed by atoms with Gasteiger partial charge in [0, 0.05) is 37.7 Å². The van der Waals surface area contributed by atoms with Crippen molar-refractivity contribution in [1.29, 1.82) is 0 Å². The average Bonchev–Trinajstić information content (AvgIpc) is 2.46. The van der Waals surface area contributed by atoms with Crippen LogP contribution in [0.1, 0.15) is 12.5 Å². The van der Waals surface area contributed by atoms with Crippen molar-refractivity contribution in [3.63, 3.8) is 0 Å². The predicted octanol–water partition coefficient (Wildman–Crippen LogP) is 2.72. The summed E-state index contributed by atoms with van der Waals surface area (Å²) in [6.07, 6.45) is 3.49. The monoisotopic (exact) mass is 256 g/mol. The number of nitrogens with one attached hydrogen (secondary N) is 1. The SMILES string of the molecule is CCN(CCNc1ncccn1)c1ccccc1C. The average molecular weight is 256 g/mol. The van der Waals surface area contributed by atoms with Gasteiger partial charge in [-0.3, -0.25) is 0 Å². The van der Waals surface area contributed by atoms with Crippen molar-refractivity contribution < 1.29 is 0 Å². The molecule has 0 unspecified atom stereocenters. The number of nitrogens with zero attached hydrogens (tertiary/aromatic N) is 3. The number of aromatic nitrogens is 2. The summed E-state index contributed by atoms with van der Waals surface area (Å²) in [5.41, 5.74) is 2.60. The Balaban J connectivity index is 1.92. The fourth-order valence-corrected chi connectivity index (χ4v) is 2.06. The summed E-state index contributed by atoms with van der Waals surface area (Å²) < 4.78 is 0. The first-order valence-electron chi connectivity index (χ1n) is 6.62. The second-order valence-electron chi connectivity index (χ2n) is 4.37. The predicted molar refractivity (Wildman–Crippen MR) is 79.6 cm³/mol. The van der Waals surface area contributed by atoms with Crippen LogP contribution in [-0.2, 0) is 0 Å². The number of para-hydroxylation sites is 1. The molecule has 1 heterocycles. The van der Waals surface area contributed by atoms with Crippen molar-refractivity contribution in [2.45, 2.75) is 13.8 Å². The molecule has 19 heavy (non-hydrogen) atoms. The maximum atomic E-state index is 4.15. The Bertz CT molecular complexity index is 499. The van der Waals surface area contributed by atoms with Gasteiger partial charge in [-0.15, -0.1) is 0 Å². The standard InChI is InChI=1S/C15H20N4/c1-3-19(14-8-5-4-7-13(14)2)12-11-18-15-16-9-6-10-17-15/h4-10H,3,11-12H2,1-2H3,(H,16,17,18). The summed E-state index contributed by atoms with van der Waals surface area (Å²) in [4.78, 5) is 10.7. The molecule has 0 saturated heterocycles. The van der Waals surface area contributed by atoms with E-state index < -0.39 is 0 Å². The van der Waals surface area contributed by atoms with E-state index in [1.807, 2.05) is 6.07 Å². The second kappa shape index (κ2) is 6.73. The third-order valence-corrected chi connectivity index (χ3v) is 3.07. The van der Waals surface area contributed by atoms with Gasteiger partial charge in [-0.05, 0) is 31.5 Å². The van der Waals surface area contributed by atoms with Crippen LogP contribution in [0.15, 0.2) is 42.7 Å². The maximum absolute atomic E-state index is 4.15. The van der Waals surface area contributed by atoms with Crippen molar-refractivity contribution >= 4 is 11.6 Å². The van der Waals surface area contributed by atoms with E-state index in [0.29, 0.717) is 5.95 Å². The highest BCUT2D eigenvalue weighted by molar-refractivity contribution is 5.53. The zero-order chi connectivity index (χ0) is 13.5. The van der Waals surface area contributed by atoms with E-state index in [-0.39, 0.29) is 0 Å². The lowest BCUT2D eigenvalue weighted by Crippen LogP contribution is -2.29. The molecule has 1 aromatic carbocycles. The topological polar surface area (TPSA) is 41.0 Å². The first-order chi connectivity index (χ1) is 9.31. The number of anilines is 2. The van der Waals surface area contributed by atoms with Gasteiger partial charge in [0.25, 0.3) is 0 Å². The van der Waals surface area contributed by atoms with Crippen LogP contribution in [0.25, 0.3) is 0 Å². The van der Waals surface area contributed by atoms with E-state index in [1.54, 1.807) is 12.4 Å². The molecule has 0 saturated carbocycles. The highest BCUT2D eigenvalue weighted by Crippen LogP contribution is 2.18. The number of benzene rings is 1. The smallest absolute Gasteiger partial charge is 0.222 e. The van der Waals surface area contributed by atoms with Crippen LogP contribution in [-0.4, -0.2) is 29.6 Å². The summed E-state index contributed by atoms with van der Waals surface area (Å²) in [5, 5.41) is 3.23. The normalized spacial score (nSPS) is 10.2. The Kier molecular flexibility index (Phi) is 4.72. The molecule has 0 aliphatic heterocycles. The van der Waals surface area contributed by atoms with E-state index in [2.05, 4.69) is 58.3 Å². The highest BCUT2D eigenvalue weighted by atomic mass is 15.2. The molecule has 0 aliphatic rings. The molecule has 1 N–H and O–H groups in total. The van der Waals surface area contributed by atoms with Crippen LogP contribution in [0.4, 0.5) is 11.6 Å². The van der Waals surface area contributed by atoms with Gasteiger partial charge in [0.15, 0.2) is 0 Å². The van der Waals surface area contributed by atoms with Crippen LogP contribution < -0.4 is 10.2 Å². The van der Waals surface area contributed by atoms with Gasteiger partial charge >= 0.3 is 0 Å². The van der Waals surface area contributed by atoms with Gasteiger partial charge in [-0.25, -0.2) is 9.97 Å². The third-order valence-electron chi connectivity index (χ3n) is 3.07. The number of hydrogen-bond donors (Lipinski definition) is 1. The Labute approximate surface area is 114 Å². The summed E-state index contributed by atoms with van der Waals surface area (Å²) in [7, 11) is 0. The molecule has 0 bridgehead atoms. The van der Waals surface area contributed by atoms with Crippen molar-refractivity contribution in [3.8, 4) is 0 Å². The number of aryl methyl sites for hydroxylation is 1. The highest BCUT2D eigenvalue weighted by Gasteiger charge is 2.06. The molecule has 4 nitrogen and oxygen atoms in total. The molecule has 1 aromatic heterocycles. The molecule has 0 amide bonds. The van der Waals surface area contributed by atoms with Crippen LogP contribution in [0.3, 0.4) is 0 Å². The van der Waals surface area contributed by atoms with Crippen LogP contribution in [0.5, 0.6) is 0 Å².